The van der Waals surface area contributed by atoms with E-state index in [0.717, 1.165) is 5.56 Å². The molecule has 3 aromatic rings. The first-order valence-electron chi connectivity index (χ1n) is 7.36. The van der Waals surface area contributed by atoms with E-state index in [0.29, 0.717) is 10.1 Å². The molecule has 2 heterocycles. The minimum absolute atomic E-state index is 0.0217. The summed E-state index contributed by atoms with van der Waals surface area (Å²) in [5.41, 5.74) is 0.945. The van der Waals surface area contributed by atoms with E-state index < -0.39 is 10.0 Å². The summed E-state index contributed by atoms with van der Waals surface area (Å²) >= 11 is 8.69. The third-order valence-electron chi connectivity index (χ3n) is 3.21. The van der Waals surface area contributed by atoms with Gasteiger partial charge < -0.3 is 5.32 Å². The Morgan fingerprint density at radius 2 is 2.00 bits per heavy atom. The summed E-state index contributed by atoms with van der Waals surface area (Å²) in [7, 11) is -3.77. The van der Waals surface area contributed by atoms with Crippen LogP contribution in [-0.4, -0.2) is 31.1 Å². The molecule has 0 fully saturated rings. The van der Waals surface area contributed by atoms with Crippen LogP contribution in [0.1, 0.15) is 6.42 Å². The summed E-state index contributed by atoms with van der Waals surface area (Å²) in [5.74, 6) is -0.361. The Morgan fingerprint density at radius 3 is 2.73 bits per heavy atom. The summed E-state index contributed by atoms with van der Waals surface area (Å²) in [5, 5.41) is 15.6. The van der Waals surface area contributed by atoms with Crippen molar-refractivity contribution < 1.29 is 13.2 Å². The number of carbonyl (C=O) groups is 1. The van der Waals surface area contributed by atoms with Gasteiger partial charge >= 0.3 is 0 Å². The minimum atomic E-state index is -3.77. The fourth-order valence-corrected chi connectivity index (χ4v) is 5.02. The van der Waals surface area contributed by atoms with Crippen molar-refractivity contribution in [3.63, 3.8) is 0 Å². The monoisotopic (exact) mass is 428 g/mol. The van der Waals surface area contributed by atoms with Gasteiger partial charge in [0, 0.05) is 23.9 Å². The van der Waals surface area contributed by atoms with Crippen molar-refractivity contribution in [3.8, 4) is 10.6 Å². The SMILES string of the molecule is O=C(CCNS(=O)(=O)c1ccccc1Cl)Nc1nnc(-c2ccsc2)s1. The summed E-state index contributed by atoms with van der Waals surface area (Å²) in [6.45, 7) is -0.0599. The van der Waals surface area contributed by atoms with Crippen molar-refractivity contribution in [2.75, 3.05) is 11.9 Å². The molecule has 3 rings (SSSR count). The standard InChI is InChI=1S/C15H13ClN4O3S3/c16-11-3-1-2-4-12(11)26(22,23)17-7-5-13(21)18-15-20-19-14(25-15)10-6-8-24-9-10/h1-4,6,8-9,17H,5,7H2,(H,18,20,21). The number of benzene rings is 1. The second-order valence-electron chi connectivity index (χ2n) is 5.05. The molecule has 11 heteroatoms. The number of rotatable bonds is 7. The van der Waals surface area contributed by atoms with Crippen molar-refractivity contribution in [1.29, 1.82) is 0 Å². The zero-order valence-electron chi connectivity index (χ0n) is 13.2. The van der Waals surface area contributed by atoms with E-state index in [1.54, 1.807) is 23.5 Å². The maximum atomic E-state index is 12.2. The van der Waals surface area contributed by atoms with E-state index in [2.05, 4.69) is 20.2 Å². The number of anilines is 1. The molecule has 0 saturated heterocycles. The summed E-state index contributed by atoms with van der Waals surface area (Å²) < 4.78 is 26.7. The van der Waals surface area contributed by atoms with Gasteiger partial charge in [-0.15, -0.1) is 10.2 Å². The van der Waals surface area contributed by atoms with Crippen LogP contribution in [0.25, 0.3) is 10.6 Å². The highest BCUT2D eigenvalue weighted by Gasteiger charge is 2.17. The number of hydrogen-bond acceptors (Lipinski definition) is 7. The molecule has 26 heavy (non-hydrogen) atoms. The lowest BCUT2D eigenvalue weighted by molar-refractivity contribution is -0.116. The number of nitrogens with one attached hydrogen (secondary N) is 2. The summed E-state index contributed by atoms with van der Waals surface area (Å²) in [4.78, 5) is 11.9. The Morgan fingerprint density at radius 1 is 1.19 bits per heavy atom. The van der Waals surface area contributed by atoms with Gasteiger partial charge in [-0.25, -0.2) is 13.1 Å². The van der Waals surface area contributed by atoms with Crippen LogP contribution in [0.15, 0.2) is 46.0 Å². The van der Waals surface area contributed by atoms with Crippen molar-refractivity contribution in [2.45, 2.75) is 11.3 Å². The van der Waals surface area contributed by atoms with Gasteiger partial charge in [-0.2, -0.15) is 11.3 Å². The molecule has 136 valence electrons. The van der Waals surface area contributed by atoms with Crippen LogP contribution in [0.3, 0.4) is 0 Å². The minimum Gasteiger partial charge on any atom is -0.300 e. The zero-order valence-corrected chi connectivity index (χ0v) is 16.4. The van der Waals surface area contributed by atoms with Crippen LogP contribution in [0.5, 0.6) is 0 Å². The van der Waals surface area contributed by atoms with Crippen LogP contribution in [0.4, 0.5) is 5.13 Å². The molecule has 0 aliphatic carbocycles. The van der Waals surface area contributed by atoms with Gasteiger partial charge in [0.1, 0.15) is 9.90 Å². The summed E-state index contributed by atoms with van der Waals surface area (Å²) in [6, 6.07) is 8.02. The Labute approximate surface area is 163 Å². The van der Waals surface area contributed by atoms with Crippen LogP contribution in [-0.2, 0) is 14.8 Å². The lowest BCUT2D eigenvalue weighted by atomic mass is 10.4. The highest BCUT2D eigenvalue weighted by molar-refractivity contribution is 7.89. The van der Waals surface area contributed by atoms with Gasteiger partial charge in [-0.05, 0) is 23.6 Å². The maximum absolute atomic E-state index is 12.2. The molecule has 0 atom stereocenters. The van der Waals surface area contributed by atoms with E-state index in [4.69, 9.17) is 11.6 Å². The molecule has 1 amide bonds. The molecule has 0 unspecified atom stereocenters. The van der Waals surface area contributed by atoms with Gasteiger partial charge in [0.25, 0.3) is 0 Å². The number of halogens is 1. The molecule has 2 N–H and O–H groups in total. The predicted molar refractivity (Wildman–Crippen MR) is 103 cm³/mol. The molecule has 2 aromatic heterocycles. The van der Waals surface area contributed by atoms with Gasteiger partial charge in [0.05, 0.1) is 5.02 Å². The van der Waals surface area contributed by atoms with Gasteiger partial charge in [-0.3, -0.25) is 4.79 Å². The number of nitrogens with zero attached hydrogens (tertiary/aromatic N) is 2. The number of thiophene rings is 1. The first-order chi connectivity index (χ1) is 12.5. The molecule has 0 aliphatic rings. The number of sulfonamides is 1. The van der Waals surface area contributed by atoms with Gasteiger partial charge in [-0.1, -0.05) is 35.1 Å². The highest BCUT2D eigenvalue weighted by atomic mass is 35.5. The van der Waals surface area contributed by atoms with Crippen molar-refractivity contribution in [1.82, 2.24) is 14.9 Å². The Balaban J connectivity index is 1.52. The summed E-state index contributed by atoms with van der Waals surface area (Å²) in [6.07, 6.45) is -0.0446. The first kappa shape index (κ1) is 18.9. The Bertz CT molecular complexity index is 1000. The molecule has 0 spiro atoms. The third kappa shape index (κ3) is 4.65. The predicted octanol–water partition coefficient (Wildman–Crippen LogP) is 3.23. The van der Waals surface area contributed by atoms with Crippen LogP contribution >= 0.6 is 34.3 Å². The third-order valence-corrected chi connectivity index (χ3v) is 6.74. The molecule has 0 aliphatic heterocycles. The van der Waals surface area contributed by atoms with E-state index >= 15 is 0 Å². The van der Waals surface area contributed by atoms with Crippen LogP contribution in [0.2, 0.25) is 5.02 Å². The van der Waals surface area contributed by atoms with E-state index in [1.165, 1.54) is 23.5 Å². The lowest BCUT2D eigenvalue weighted by Gasteiger charge is -2.07. The highest BCUT2D eigenvalue weighted by Crippen LogP contribution is 2.27. The van der Waals surface area contributed by atoms with Gasteiger partial charge in [0.2, 0.25) is 21.1 Å². The molecule has 0 saturated carbocycles. The Hall–Kier alpha value is -1.85. The van der Waals surface area contributed by atoms with Gasteiger partial charge in [0.15, 0.2) is 0 Å². The number of carbonyl (C=O) groups excluding carboxylic acids is 1. The number of amides is 1. The average molecular weight is 429 g/mol. The molecular weight excluding hydrogens is 416 g/mol. The van der Waals surface area contributed by atoms with Crippen molar-refractivity contribution >= 4 is 55.3 Å². The van der Waals surface area contributed by atoms with E-state index in [9.17, 15) is 13.2 Å². The lowest BCUT2D eigenvalue weighted by Crippen LogP contribution is -2.28. The van der Waals surface area contributed by atoms with E-state index in [-0.39, 0.29) is 28.8 Å². The molecule has 0 radical (unpaired) electrons. The quantitative estimate of drug-likeness (QED) is 0.601. The Kier molecular flexibility index (Phi) is 5.99. The second kappa shape index (κ2) is 8.23. The van der Waals surface area contributed by atoms with Crippen LogP contribution < -0.4 is 10.0 Å². The second-order valence-corrected chi connectivity index (χ2v) is 8.95. The molecule has 1 aromatic carbocycles. The fraction of sp³-hybridized carbons (Fsp3) is 0.133. The maximum Gasteiger partial charge on any atom is 0.242 e. The zero-order chi connectivity index (χ0) is 18.6. The van der Waals surface area contributed by atoms with Crippen molar-refractivity contribution in [3.05, 3.63) is 46.1 Å². The molecular formula is C15H13ClN4O3S3. The normalized spacial score (nSPS) is 11.4. The average Bonchev–Trinajstić information content (AvgIpc) is 3.26. The topological polar surface area (TPSA) is 101 Å². The number of aromatic nitrogens is 2. The number of hydrogen-bond donors (Lipinski definition) is 2. The van der Waals surface area contributed by atoms with Crippen molar-refractivity contribution in [2.24, 2.45) is 0 Å². The van der Waals surface area contributed by atoms with Crippen LogP contribution in [0, 0.1) is 0 Å². The molecule has 7 nitrogen and oxygen atoms in total. The van der Waals surface area contributed by atoms with E-state index in [1.807, 2.05) is 16.8 Å². The smallest absolute Gasteiger partial charge is 0.242 e. The fourth-order valence-electron chi connectivity index (χ4n) is 2.00. The largest absolute Gasteiger partial charge is 0.300 e. The molecule has 0 bridgehead atoms. The first-order valence-corrected chi connectivity index (χ1v) is 11.0.